The zero-order valence-electron chi connectivity index (χ0n) is 14.2. The number of amides is 1. The Hall–Kier alpha value is -3.42. The van der Waals surface area contributed by atoms with E-state index in [1.54, 1.807) is 12.1 Å². The average Bonchev–Trinajstić information content (AvgIpc) is 2.64. The second-order valence-electron chi connectivity index (χ2n) is 5.79. The summed E-state index contributed by atoms with van der Waals surface area (Å²) in [6.07, 6.45) is -4.50. The fourth-order valence-electron chi connectivity index (χ4n) is 2.33. The molecule has 3 rings (SSSR count). The smallest absolute Gasteiger partial charge is 0.338 e. The molecule has 0 aliphatic heterocycles. The van der Waals surface area contributed by atoms with Gasteiger partial charge in [0.15, 0.2) is 11.5 Å². The Labute approximate surface area is 153 Å². The number of alkyl halides is 3. The van der Waals surface area contributed by atoms with Crippen molar-refractivity contribution in [2.24, 2.45) is 0 Å². The van der Waals surface area contributed by atoms with Crippen LogP contribution in [0.1, 0.15) is 21.6 Å². The van der Waals surface area contributed by atoms with Crippen molar-refractivity contribution in [1.82, 2.24) is 10.2 Å². The van der Waals surface area contributed by atoms with Crippen molar-refractivity contribution in [1.29, 1.82) is 0 Å². The zero-order chi connectivity index (χ0) is 19.4. The minimum absolute atomic E-state index is 0.0465. The van der Waals surface area contributed by atoms with Crippen LogP contribution in [0, 0.1) is 6.92 Å². The molecule has 2 N–H and O–H groups in total. The van der Waals surface area contributed by atoms with Crippen LogP contribution < -0.4 is 10.6 Å². The number of aryl methyl sites for hydroxylation is 1. The monoisotopic (exact) mass is 372 g/mol. The van der Waals surface area contributed by atoms with Crippen LogP contribution >= 0.6 is 0 Å². The molecule has 1 aromatic heterocycles. The van der Waals surface area contributed by atoms with E-state index in [4.69, 9.17) is 0 Å². The van der Waals surface area contributed by atoms with E-state index < -0.39 is 17.6 Å². The molecule has 1 heterocycles. The number of benzene rings is 2. The summed E-state index contributed by atoms with van der Waals surface area (Å²) in [5.74, 6) is -0.368. The van der Waals surface area contributed by atoms with E-state index in [1.807, 2.05) is 19.1 Å². The van der Waals surface area contributed by atoms with Gasteiger partial charge in [-0.25, -0.2) is 0 Å². The average molecular weight is 372 g/mol. The van der Waals surface area contributed by atoms with E-state index in [-0.39, 0.29) is 17.2 Å². The lowest BCUT2D eigenvalue weighted by Crippen LogP contribution is -2.15. The Morgan fingerprint density at radius 3 is 2.26 bits per heavy atom. The first kappa shape index (κ1) is 18.4. The molecule has 0 radical (unpaired) electrons. The second-order valence-corrected chi connectivity index (χ2v) is 5.79. The van der Waals surface area contributed by atoms with E-state index >= 15 is 0 Å². The third kappa shape index (κ3) is 4.60. The Morgan fingerprint density at radius 2 is 1.63 bits per heavy atom. The van der Waals surface area contributed by atoms with Gasteiger partial charge >= 0.3 is 6.18 Å². The fraction of sp³-hybridized carbons (Fsp3) is 0.105. The lowest BCUT2D eigenvalue weighted by atomic mass is 10.1. The summed E-state index contributed by atoms with van der Waals surface area (Å²) in [6, 6.07) is 15.0. The lowest BCUT2D eigenvalue weighted by molar-refractivity contribution is -0.136. The maximum Gasteiger partial charge on any atom is 0.418 e. The van der Waals surface area contributed by atoms with Crippen LogP contribution in [0.2, 0.25) is 0 Å². The van der Waals surface area contributed by atoms with Crippen molar-refractivity contribution in [3.05, 3.63) is 77.5 Å². The zero-order valence-corrected chi connectivity index (χ0v) is 14.2. The maximum absolute atomic E-state index is 13.0. The van der Waals surface area contributed by atoms with Gasteiger partial charge in [0, 0.05) is 5.69 Å². The van der Waals surface area contributed by atoms with Gasteiger partial charge in [-0.05, 0) is 43.3 Å². The largest absolute Gasteiger partial charge is 0.418 e. The first-order valence-corrected chi connectivity index (χ1v) is 7.98. The number of hydrogen-bond donors (Lipinski definition) is 2. The van der Waals surface area contributed by atoms with Crippen molar-refractivity contribution in [3.63, 3.8) is 0 Å². The summed E-state index contributed by atoms with van der Waals surface area (Å²) in [5, 5.41) is 12.8. The molecule has 138 valence electrons. The molecule has 0 aliphatic rings. The van der Waals surface area contributed by atoms with E-state index in [1.165, 1.54) is 30.3 Å². The molecular formula is C19H15F3N4O. The standard InChI is InChI=1S/C19H15F3N4O/c1-12-6-8-13(9-7-12)23-18(27)16-10-11-17(26-25-16)24-15-5-3-2-4-14(15)19(20,21)22/h2-11H,1H3,(H,23,27)(H,24,26). The van der Waals surface area contributed by atoms with Crippen LogP contribution in [0.3, 0.4) is 0 Å². The Kier molecular flexibility index (Phi) is 5.07. The summed E-state index contributed by atoms with van der Waals surface area (Å²) in [7, 11) is 0. The highest BCUT2D eigenvalue weighted by molar-refractivity contribution is 6.02. The number of nitrogens with one attached hydrogen (secondary N) is 2. The first-order chi connectivity index (χ1) is 12.8. The Bertz CT molecular complexity index is 938. The van der Waals surface area contributed by atoms with Gasteiger partial charge in [0.25, 0.3) is 5.91 Å². The number of halogens is 3. The number of carbonyl (C=O) groups excluding carboxylic acids is 1. The normalized spacial score (nSPS) is 11.1. The van der Waals surface area contributed by atoms with Gasteiger partial charge < -0.3 is 10.6 Å². The predicted octanol–water partition coefficient (Wildman–Crippen LogP) is 4.80. The van der Waals surface area contributed by atoms with Crippen molar-refractivity contribution < 1.29 is 18.0 Å². The van der Waals surface area contributed by atoms with Crippen molar-refractivity contribution in [2.45, 2.75) is 13.1 Å². The van der Waals surface area contributed by atoms with Gasteiger partial charge in [-0.15, -0.1) is 10.2 Å². The van der Waals surface area contributed by atoms with Crippen LogP contribution in [-0.4, -0.2) is 16.1 Å². The van der Waals surface area contributed by atoms with E-state index in [9.17, 15) is 18.0 Å². The summed E-state index contributed by atoms with van der Waals surface area (Å²) >= 11 is 0. The molecule has 3 aromatic rings. The van der Waals surface area contributed by atoms with Crippen LogP contribution in [-0.2, 0) is 6.18 Å². The topological polar surface area (TPSA) is 66.9 Å². The summed E-state index contributed by atoms with van der Waals surface area (Å²) in [5.41, 5.74) is 0.755. The Morgan fingerprint density at radius 1 is 0.926 bits per heavy atom. The maximum atomic E-state index is 13.0. The van der Waals surface area contributed by atoms with Gasteiger partial charge in [-0.2, -0.15) is 13.2 Å². The number of rotatable bonds is 4. The highest BCUT2D eigenvalue weighted by Gasteiger charge is 2.33. The van der Waals surface area contributed by atoms with Gasteiger partial charge in [-0.3, -0.25) is 4.79 Å². The predicted molar refractivity (Wildman–Crippen MR) is 95.9 cm³/mol. The van der Waals surface area contributed by atoms with Crippen molar-refractivity contribution >= 4 is 23.1 Å². The molecular weight excluding hydrogens is 357 g/mol. The number of para-hydroxylation sites is 1. The minimum atomic E-state index is -4.50. The van der Waals surface area contributed by atoms with Crippen LogP contribution in [0.25, 0.3) is 0 Å². The van der Waals surface area contributed by atoms with E-state index in [0.717, 1.165) is 11.6 Å². The highest BCUT2D eigenvalue weighted by Crippen LogP contribution is 2.35. The fourth-order valence-corrected chi connectivity index (χ4v) is 2.33. The lowest BCUT2D eigenvalue weighted by Gasteiger charge is -2.13. The van der Waals surface area contributed by atoms with Gasteiger partial charge in [-0.1, -0.05) is 29.8 Å². The van der Waals surface area contributed by atoms with Crippen LogP contribution in [0.5, 0.6) is 0 Å². The molecule has 0 atom stereocenters. The second kappa shape index (κ2) is 7.45. The quantitative estimate of drug-likeness (QED) is 0.690. The third-order valence-corrected chi connectivity index (χ3v) is 3.70. The van der Waals surface area contributed by atoms with Gasteiger partial charge in [0.1, 0.15) is 0 Å². The van der Waals surface area contributed by atoms with Gasteiger partial charge in [0.05, 0.1) is 11.3 Å². The van der Waals surface area contributed by atoms with E-state index in [0.29, 0.717) is 5.69 Å². The molecule has 8 heteroatoms. The number of nitrogens with zero attached hydrogens (tertiary/aromatic N) is 2. The summed E-state index contributed by atoms with van der Waals surface area (Å²) in [4.78, 5) is 12.2. The molecule has 0 spiro atoms. The number of hydrogen-bond acceptors (Lipinski definition) is 4. The molecule has 0 unspecified atom stereocenters. The molecule has 1 amide bonds. The molecule has 0 bridgehead atoms. The third-order valence-electron chi connectivity index (χ3n) is 3.70. The van der Waals surface area contributed by atoms with Crippen molar-refractivity contribution in [3.8, 4) is 0 Å². The number of aromatic nitrogens is 2. The number of anilines is 3. The molecule has 0 fully saturated rings. The summed E-state index contributed by atoms with van der Waals surface area (Å²) < 4.78 is 39.1. The number of carbonyl (C=O) groups is 1. The first-order valence-electron chi connectivity index (χ1n) is 7.98. The van der Waals surface area contributed by atoms with E-state index in [2.05, 4.69) is 20.8 Å². The van der Waals surface area contributed by atoms with Crippen LogP contribution in [0.4, 0.5) is 30.4 Å². The minimum Gasteiger partial charge on any atom is -0.338 e. The molecule has 27 heavy (non-hydrogen) atoms. The molecule has 0 aliphatic carbocycles. The summed E-state index contributed by atoms with van der Waals surface area (Å²) in [6.45, 7) is 1.93. The molecule has 5 nitrogen and oxygen atoms in total. The Balaban J connectivity index is 1.72. The SMILES string of the molecule is Cc1ccc(NC(=O)c2ccc(Nc3ccccc3C(F)(F)F)nn2)cc1. The van der Waals surface area contributed by atoms with Crippen LogP contribution in [0.15, 0.2) is 60.7 Å². The molecule has 2 aromatic carbocycles. The van der Waals surface area contributed by atoms with Crippen molar-refractivity contribution in [2.75, 3.05) is 10.6 Å². The molecule has 0 saturated heterocycles. The molecule has 0 saturated carbocycles. The highest BCUT2D eigenvalue weighted by atomic mass is 19.4. The van der Waals surface area contributed by atoms with Gasteiger partial charge in [0.2, 0.25) is 0 Å².